The van der Waals surface area contributed by atoms with Crippen molar-refractivity contribution in [3.63, 3.8) is 0 Å². The van der Waals surface area contributed by atoms with E-state index in [1.54, 1.807) is 11.3 Å². The van der Waals surface area contributed by atoms with E-state index >= 15 is 0 Å². The molecule has 2 amide bonds. The van der Waals surface area contributed by atoms with E-state index in [4.69, 9.17) is 0 Å². The van der Waals surface area contributed by atoms with Crippen molar-refractivity contribution in [2.75, 3.05) is 26.2 Å². The Kier molecular flexibility index (Phi) is 6.45. The number of amides is 2. The number of thiophene rings is 1. The summed E-state index contributed by atoms with van der Waals surface area (Å²) in [5.74, 6) is 0.360. The molecule has 0 N–H and O–H groups in total. The minimum Gasteiger partial charge on any atom is -0.341 e. The SMILES string of the molecule is Cc1ccccc1CC(=O)N1CCCN(C(=O)CCc2cccs2)CC1. The lowest BCUT2D eigenvalue weighted by atomic mass is 10.1. The highest BCUT2D eigenvalue weighted by atomic mass is 32.1. The van der Waals surface area contributed by atoms with Crippen LogP contribution >= 0.6 is 11.3 Å². The van der Waals surface area contributed by atoms with Gasteiger partial charge in [0.15, 0.2) is 0 Å². The first-order chi connectivity index (χ1) is 12.6. The van der Waals surface area contributed by atoms with Crippen molar-refractivity contribution in [3.8, 4) is 0 Å². The normalized spacial score (nSPS) is 15.0. The second kappa shape index (κ2) is 8.99. The first kappa shape index (κ1) is 18.6. The van der Waals surface area contributed by atoms with Crippen molar-refractivity contribution >= 4 is 23.2 Å². The van der Waals surface area contributed by atoms with Gasteiger partial charge < -0.3 is 9.80 Å². The van der Waals surface area contributed by atoms with Crippen molar-refractivity contribution in [1.29, 1.82) is 0 Å². The quantitative estimate of drug-likeness (QED) is 0.810. The Balaban J connectivity index is 1.50. The van der Waals surface area contributed by atoms with E-state index in [1.165, 1.54) is 4.88 Å². The summed E-state index contributed by atoms with van der Waals surface area (Å²) in [6.45, 7) is 4.80. The van der Waals surface area contributed by atoms with E-state index in [0.29, 0.717) is 25.9 Å². The average molecular weight is 371 g/mol. The molecule has 0 unspecified atom stereocenters. The molecule has 0 spiro atoms. The summed E-state index contributed by atoms with van der Waals surface area (Å²) in [5.41, 5.74) is 2.24. The summed E-state index contributed by atoms with van der Waals surface area (Å²) in [6.07, 6.45) is 2.66. The number of rotatable bonds is 5. The van der Waals surface area contributed by atoms with Crippen LogP contribution < -0.4 is 0 Å². The molecule has 26 heavy (non-hydrogen) atoms. The van der Waals surface area contributed by atoms with Gasteiger partial charge in [0.2, 0.25) is 11.8 Å². The molecule has 4 nitrogen and oxygen atoms in total. The lowest BCUT2D eigenvalue weighted by Gasteiger charge is -2.22. The third kappa shape index (κ3) is 4.94. The van der Waals surface area contributed by atoms with Crippen LogP contribution in [0.3, 0.4) is 0 Å². The third-order valence-electron chi connectivity index (χ3n) is 4.97. The maximum Gasteiger partial charge on any atom is 0.227 e. The highest BCUT2D eigenvalue weighted by Crippen LogP contribution is 2.14. The van der Waals surface area contributed by atoms with Crippen LogP contribution in [0.15, 0.2) is 41.8 Å². The molecule has 138 valence electrons. The highest BCUT2D eigenvalue weighted by Gasteiger charge is 2.22. The largest absolute Gasteiger partial charge is 0.341 e. The summed E-state index contributed by atoms with van der Waals surface area (Å²) in [5, 5.41) is 2.05. The van der Waals surface area contributed by atoms with Gasteiger partial charge in [0, 0.05) is 37.5 Å². The van der Waals surface area contributed by atoms with Gasteiger partial charge in [-0.2, -0.15) is 0 Å². The van der Waals surface area contributed by atoms with Crippen molar-refractivity contribution < 1.29 is 9.59 Å². The van der Waals surface area contributed by atoms with Gasteiger partial charge in [0.1, 0.15) is 0 Å². The fourth-order valence-electron chi connectivity index (χ4n) is 3.34. The molecule has 1 aliphatic heterocycles. The number of benzene rings is 1. The predicted molar refractivity (Wildman–Crippen MR) is 105 cm³/mol. The summed E-state index contributed by atoms with van der Waals surface area (Å²) in [7, 11) is 0. The van der Waals surface area contributed by atoms with Gasteiger partial charge in [-0.05, 0) is 42.3 Å². The number of hydrogen-bond donors (Lipinski definition) is 0. The lowest BCUT2D eigenvalue weighted by Crippen LogP contribution is -2.38. The number of hydrogen-bond acceptors (Lipinski definition) is 3. The number of carbonyl (C=O) groups is 2. The molecule has 1 aliphatic rings. The van der Waals surface area contributed by atoms with Crippen LogP contribution in [0.5, 0.6) is 0 Å². The lowest BCUT2D eigenvalue weighted by molar-refractivity contribution is -0.133. The molecule has 0 aliphatic carbocycles. The first-order valence-electron chi connectivity index (χ1n) is 9.26. The Hall–Kier alpha value is -2.14. The Labute approximate surface area is 159 Å². The molecule has 1 aromatic heterocycles. The smallest absolute Gasteiger partial charge is 0.227 e. The van der Waals surface area contributed by atoms with E-state index in [0.717, 1.165) is 37.1 Å². The minimum atomic E-state index is 0.159. The first-order valence-corrected chi connectivity index (χ1v) is 10.1. The summed E-state index contributed by atoms with van der Waals surface area (Å²) < 4.78 is 0. The van der Waals surface area contributed by atoms with E-state index in [9.17, 15) is 9.59 Å². The molecule has 3 rings (SSSR count). The topological polar surface area (TPSA) is 40.6 Å². The average Bonchev–Trinajstić information content (AvgIpc) is 3.04. The molecule has 1 saturated heterocycles. The van der Waals surface area contributed by atoms with Crippen molar-refractivity contribution in [2.24, 2.45) is 0 Å². The molecule has 5 heteroatoms. The van der Waals surface area contributed by atoms with Crippen LogP contribution in [0.25, 0.3) is 0 Å². The van der Waals surface area contributed by atoms with Gasteiger partial charge in [-0.3, -0.25) is 9.59 Å². The van der Waals surface area contributed by atoms with Crippen LogP contribution in [-0.2, 0) is 22.4 Å². The fourth-order valence-corrected chi connectivity index (χ4v) is 4.05. The minimum absolute atomic E-state index is 0.159. The second-order valence-electron chi connectivity index (χ2n) is 6.80. The Bertz CT molecular complexity index is 742. The van der Waals surface area contributed by atoms with Gasteiger partial charge in [-0.15, -0.1) is 11.3 Å². The Morgan fingerprint density at radius 1 is 0.962 bits per heavy atom. The van der Waals surface area contributed by atoms with Crippen molar-refractivity contribution in [1.82, 2.24) is 9.80 Å². The standard InChI is InChI=1S/C21H26N2O2S/c1-17-6-2-3-7-18(17)16-21(25)23-12-5-11-22(13-14-23)20(24)10-9-19-8-4-15-26-19/h2-4,6-8,15H,5,9-14,16H2,1H3. The highest BCUT2D eigenvalue weighted by molar-refractivity contribution is 7.09. The summed E-state index contributed by atoms with van der Waals surface area (Å²) in [6, 6.07) is 12.1. The molecule has 2 heterocycles. The number of nitrogens with zero attached hydrogens (tertiary/aromatic N) is 2. The van der Waals surface area contributed by atoms with Crippen molar-refractivity contribution in [3.05, 3.63) is 57.8 Å². The monoisotopic (exact) mass is 370 g/mol. The zero-order valence-electron chi connectivity index (χ0n) is 15.3. The zero-order chi connectivity index (χ0) is 18.4. The van der Waals surface area contributed by atoms with Crippen LogP contribution in [0, 0.1) is 6.92 Å². The van der Waals surface area contributed by atoms with Crippen LogP contribution in [0.2, 0.25) is 0 Å². The zero-order valence-corrected chi connectivity index (χ0v) is 16.1. The van der Waals surface area contributed by atoms with Crippen molar-refractivity contribution in [2.45, 2.75) is 32.6 Å². The van der Waals surface area contributed by atoms with Gasteiger partial charge in [-0.1, -0.05) is 30.3 Å². The second-order valence-corrected chi connectivity index (χ2v) is 7.83. The van der Waals surface area contributed by atoms with E-state index in [2.05, 4.69) is 6.07 Å². The summed E-state index contributed by atoms with van der Waals surface area (Å²) >= 11 is 1.70. The van der Waals surface area contributed by atoms with Gasteiger partial charge in [0.05, 0.1) is 6.42 Å². The van der Waals surface area contributed by atoms with E-state index in [-0.39, 0.29) is 11.8 Å². The molecule has 0 saturated carbocycles. The number of aryl methyl sites for hydroxylation is 2. The molecule has 1 fully saturated rings. The Morgan fingerprint density at radius 2 is 1.69 bits per heavy atom. The third-order valence-corrected chi connectivity index (χ3v) is 5.91. The molecule has 0 radical (unpaired) electrons. The molecule has 0 atom stereocenters. The fraction of sp³-hybridized carbons (Fsp3) is 0.429. The summed E-state index contributed by atoms with van der Waals surface area (Å²) in [4.78, 5) is 30.2. The van der Waals surface area contributed by atoms with Crippen LogP contribution in [-0.4, -0.2) is 47.8 Å². The van der Waals surface area contributed by atoms with Gasteiger partial charge in [0.25, 0.3) is 0 Å². The molecule has 1 aromatic carbocycles. The maximum absolute atomic E-state index is 12.7. The molecular weight excluding hydrogens is 344 g/mol. The Morgan fingerprint density at radius 3 is 2.38 bits per heavy atom. The molecule has 0 bridgehead atoms. The predicted octanol–water partition coefficient (Wildman–Crippen LogP) is 3.29. The van der Waals surface area contributed by atoms with E-state index < -0.39 is 0 Å². The number of carbonyl (C=O) groups excluding carboxylic acids is 2. The van der Waals surface area contributed by atoms with Gasteiger partial charge in [-0.25, -0.2) is 0 Å². The van der Waals surface area contributed by atoms with E-state index in [1.807, 2.05) is 52.4 Å². The maximum atomic E-state index is 12.7. The molecule has 2 aromatic rings. The van der Waals surface area contributed by atoms with Gasteiger partial charge >= 0.3 is 0 Å². The van der Waals surface area contributed by atoms with Crippen LogP contribution in [0.1, 0.15) is 28.8 Å². The van der Waals surface area contributed by atoms with Crippen LogP contribution in [0.4, 0.5) is 0 Å². The molecular formula is C21H26N2O2S.